The number of hydrogen-bond acceptors (Lipinski definition) is 3. The van der Waals surface area contributed by atoms with Crippen LogP contribution in [-0.2, 0) is 6.54 Å². The van der Waals surface area contributed by atoms with Crippen molar-refractivity contribution in [1.82, 2.24) is 10.2 Å². The maximum absolute atomic E-state index is 3.75. The minimum Gasteiger partial charge on any atom is -0.365 e. The SMILES string of the molecule is CCCNCc1ccc(N2CCN(C)CC2C)c(Br)c1. The lowest BCUT2D eigenvalue weighted by Gasteiger charge is -2.40. The van der Waals surface area contributed by atoms with Gasteiger partial charge >= 0.3 is 0 Å². The van der Waals surface area contributed by atoms with Crippen molar-refractivity contribution in [3.05, 3.63) is 28.2 Å². The largest absolute Gasteiger partial charge is 0.365 e. The van der Waals surface area contributed by atoms with E-state index in [9.17, 15) is 0 Å². The van der Waals surface area contributed by atoms with Gasteiger partial charge in [0, 0.05) is 36.7 Å². The summed E-state index contributed by atoms with van der Waals surface area (Å²) in [7, 11) is 2.20. The Balaban J connectivity index is 2.05. The van der Waals surface area contributed by atoms with Gasteiger partial charge in [-0.25, -0.2) is 0 Å². The van der Waals surface area contributed by atoms with Gasteiger partial charge in [-0.3, -0.25) is 0 Å². The quantitative estimate of drug-likeness (QED) is 0.831. The first-order valence-corrected chi connectivity index (χ1v) is 8.35. The van der Waals surface area contributed by atoms with E-state index in [2.05, 4.69) is 70.1 Å². The zero-order valence-corrected chi connectivity index (χ0v) is 14.4. The smallest absolute Gasteiger partial charge is 0.0514 e. The number of likely N-dealkylation sites (N-methyl/N-ethyl adjacent to an activating group) is 1. The number of halogens is 1. The fraction of sp³-hybridized carbons (Fsp3) is 0.625. The summed E-state index contributed by atoms with van der Waals surface area (Å²) in [4.78, 5) is 4.91. The highest BCUT2D eigenvalue weighted by atomic mass is 79.9. The number of benzene rings is 1. The topological polar surface area (TPSA) is 18.5 Å². The predicted octanol–water partition coefficient (Wildman–Crippen LogP) is 3.09. The minimum atomic E-state index is 0.564. The summed E-state index contributed by atoms with van der Waals surface area (Å²) in [6, 6.07) is 7.32. The molecule has 0 bridgehead atoms. The summed E-state index contributed by atoms with van der Waals surface area (Å²) in [5, 5.41) is 3.45. The van der Waals surface area contributed by atoms with Gasteiger partial charge in [0.15, 0.2) is 0 Å². The maximum atomic E-state index is 3.75. The van der Waals surface area contributed by atoms with Gasteiger partial charge < -0.3 is 15.1 Å². The molecule has 0 spiro atoms. The van der Waals surface area contributed by atoms with Gasteiger partial charge in [0.2, 0.25) is 0 Å². The molecule has 1 aliphatic heterocycles. The fourth-order valence-electron chi connectivity index (χ4n) is 2.80. The number of nitrogens with zero attached hydrogens (tertiary/aromatic N) is 2. The monoisotopic (exact) mass is 339 g/mol. The van der Waals surface area contributed by atoms with Crippen molar-refractivity contribution in [2.24, 2.45) is 0 Å². The summed E-state index contributed by atoms with van der Waals surface area (Å²) < 4.78 is 1.21. The molecule has 112 valence electrons. The Labute approximate surface area is 131 Å². The average molecular weight is 340 g/mol. The average Bonchev–Trinajstić information content (AvgIpc) is 2.40. The van der Waals surface area contributed by atoms with Crippen molar-refractivity contribution in [2.75, 3.05) is 38.1 Å². The molecule has 1 aromatic rings. The van der Waals surface area contributed by atoms with E-state index in [0.717, 1.165) is 32.7 Å². The Bertz CT molecular complexity index is 436. The van der Waals surface area contributed by atoms with Crippen LogP contribution in [0.4, 0.5) is 5.69 Å². The number of anilines is 1. The molecule has 1 aliphatic rings. The van der Waals surface area contributed by atoms with Gasteiger partial charge in [-0.2, -0.15) is 0 Å². The highest BCUT2D eigenvalue weighted by molar-refractivity contribution is 9.10. The molecule has 3 nitrogen and oxygen atoms in total. The van der Waals surface area contributed by atoms with Crippen molar-refractivity contribution in [3.63, 3.8) is 0 Å². The highest BCUT2D eigenvalue weighted by Gasteiger charge is 2.23. The molecule has 4 heteroatoms. The first kappa shape index (κ1) is 15.8. The second-order valence-electron chi connectivity index (χ2n) is 5.77. The predicted molar refractivity (Wildman–Crippen MR) is 90.4 cm³/mol. The molecule has 0 radical (unpaired) electrons. The van der Waals surface area contributed by atoms with Gasteiger partial charge in [-0.1, -0.05) is 13.0 Å². The first-order valence-electron chi connectivity index (χ1n) is 7.56. The Morgan fingerprint density at radius 3 is 2.80 bits per heavy atom. The third kappa shape index (κ3) is 3.96. The van der Waals surface area contributed by atoms with Gasteiger partial charge in [0.25, 0.3) is 0 Å². The van der Waals surface area contributed by atoms with Gasteiger partial charge in [0.05, 0.1) is 5.69 Å². The molecule has 1 N–H and O–H groups in total. The van der Waals surface area contributed by atoms with Crippen molar-refractivity contribution >= 4 is 21.6 Å². The first-order chi connectivity index (χ1) is 9.61. The van der Waals surface area contributed by atoms with E-state index in [1.807, 2.05) is 0 Å². The summed E-state index contributed by atoms with van der Waals surface area (Å²) >= 11 is 3.75. The molecular formula is C16H26BrN3. The molecule has 2 rings (SSSR count). The number of rotatable bonds is 5. The lowest BCUT2D eigenvalue weighted by Crippen LogP contribution is -2.50. The van der Waals surface area contributed by atoms with Crippen LogP contribution < -0.4 is 10.2 Å². The van der Waals surface area contributed by atoms with Crippen molar-refractivity contribution in [2.45, 2.75) is 32.9 Å². The van der Waals surface area contributed by atoms with Gasteiger partial charge in [0.1, 0.15) is 0 Å². The Morgan fingerprint density at radius 2 is 2.15 bits per heavy atom. The standard InChI is InChI=1S/C16H26BrN3/c1-4-7-18-11-14-5-6-16(15(17)10-14)20-9-8-19(3)12-13(20)2/h5-6,10,13,18H,4,7-9,11-12H2,1-3H3. The van der Waals surface area contributed by atoms with E-state index in [-0.39, 0.29) is 0 Å². The van der Waals surface area contributed by atoms with Crippen LogP contribution >= 0.6 is 15.9 Å². The molecule has 1 fully saturated rings. The fourth-order valence-corrected chi connectivity index (χ4v) is 3.45. The molecule has 1 unspecified atom stereocenters. The lowest BCUT2D eigenvalue weighted by atomic mass is 10.1. The van der Waals surface area contributed by atoms with E-state index < -0.39 is 0 Å². The maximum Gasteiger partial charge on any atom is 0.0514 e. The van der Waals surface area contributed by atoms with E-state index in [0.29, 0.717) is 6.04 Å². The molecule has 1 atom stereocenters. The Morgan fingerprint density at radius 1 is 1.35 bits per heavy atom. The molecular weight excluding hydrogens is 314 g/mol. The molecule has 0 amide bonds. The molecule has 1 heterocycles. The minimum absolute atomic E-state index is 0.564. The zero-order valence-electron chi connectivity index (χ0n) is 12.8. The van der Waals surface area contributed by atoms with Crippen LogP contribution in [0.25, 0.3) is 0 Å². The normalized spacial score (nSPS) is 20.4. The van der Waals surface area contributed by atoms with Crippen LogP contribution in [0.3, 0.4) is 0 Å². The van der Waals surface area contributed by atoms with Crippen molar-refractivity contribution in [3.8, 4) is 0 Å². The number of hydrogen-bond donors (Lipinski definition) is 1. The summed E-state index contributed by atoms with van der Waals surface area (Å²) in [6.07, 6.45) is 1.18. The van der Waals surface area contributed by atoms with Gasteiger partial charge in [-0.15, -0.1) is 0 Å². The van der Waals surface area contributed by atoms with E-state index in [1.54, 1.807) is 0 Å². The Kier molecular flexibility index (Phi) is 5.87. The summed E-state index contributed by atoms with van der Waals surface area (Å²) in [5.41, 5.74) is 2.67. The zero-order chi connectivity index (χ0) is 14.5. The molecule has 0 saturated carbocycles. The van der Waals surface area contributed by atoms with Crippen LogP contribution in [0.1, 0.15) is 25.8 Å². The van der Waals surface area contributed by atoms with Gasteiger partial charge in [-0.05, 0) is 60.6 Å². The molecule has 0 aromatic heterocycles. The van der Waals surface area contributed by atoms with E-state index >= 15 is 0 Å². The third-order valence-electron chi connectivity index (χ3n) is 3.91. The number of piperazine rings is 1. The molecule has 20 heavy (non-hydrogen) atoms. The second-order valence-corrected chi connectivity index (χ2v) is 6.62. The van der Waals surface area contributed by atoms with Crippen LogP contribution in [0, 0.1) is 0 Å². The molecule has 0 aliphatic carbocycles. The van der Waals surface area contributed by atoms with Crippen LogP contribution in [0.15, 0.2) is 22.7 Å². The highest BCUT2D eigenvalue weighted by Crippen LogP contribution is 2.30. The third-order valence-corrected chi connectivity index (χ3v) is 4.54. The summed E-state index contributed by atoms with van der Waals surface area (Å²) in [5.74, 6) is 0. The number of nitrogens with one attached hydrogen (secondary N) is 1. The van der Waals surface area contributed by atoms with Crippen LogP contribution in [0.5, 0.6) is 0 Å². The molecule has 1 saturated heterocycles. The van der Waals surface area contributed by atoms with Crippen LogP contribution in [0.2, 0.25) is 0 Å². The summed E-state index contributed by atoms with van der Waals surface area (Å²) in [6.45, 7) is 9.89. The lowest BCUT2D eigenvalue weighted by molar-refractivity contribution is 0.275. The second kappa shape index (κ2) is 7.43. The molecule has 1 aromatic carbocycles. The van der Waals surface area contributed by atoms with E-state index in [1.165, 1.54) is 22.1 Å². The van der Waals surface area contributed by atoms with Crippen molar-refractivity contribution in [1.29, 1.82) is 0 Å². The Hall–Kier alpha value is -0.580. The van der Waals surface area contributed by atoms with E-state index in [4.69, 9.17) is 0 Å². The van der Waals surface area contributed by atoms with Crippen molar-refractivity contribution < 1.29 is 0 Å². The van der Waals surface area contributed by atoms with Crippen LogP contribution in [-0.4, -0.2) is 44.2 Å².